The number of hydrogen-bond acceptors (Lipinski definition) is 4. The van der Waals surface area contributed by atoms with Gasteiger partial charge in [0.05, 0.1) is 8.30 Å². The molecule has 2 N–H and O–H groups in total. The summed E-state index contributed by atoms with van der Waals surface area (Å²) in [6.07, 6.45) is 0. The lowest BCUT2D eigenvalue weighted by Gasteiger charge is -2.17. The van der Waals surface area contributed by atoms with E-state index in [9.17, 15) is 4.79 Å². The lowest BCUT2D eigenvalue weighted by Crippen LogP contribution is -2.27. The lowest BCUT2D eigenvalue weighted by atomic mass is 10.2. The fourth-order valence-electron chi connectivity index (χ4n) is 1.40. The molecule has 0 aliphatic carbocycles. The van der Waals surface area contributed by atoms with Gasteiger partial charge in [0.15, 0.2) is 0 Å². The van der Waals surface area contributed by atoms with Crippen LogP contribution < -0.4 is 5.73 Å². The Hall–Kier alpha value is -1.55. The van der Waals surface area contributed by atoms with E-state index in [0.717, 1.165) is 13.1 Å². The molecule has 0 spiro atoms. The summed E-state index contributed by atoms with van der Waals surface area (Å²) in [6.45, 7) is 6.88. The van der Waals surface area contributed by atoms with Crippen molar-refractivity contribution in [3.8, 4) is 0 Å². The Morgan fingerprint density at radius 1 is 1.41 bits per heavy atom. The highest BCUT2D eigenvalue weighted by Crippen LogP contribution is 2.06. The standard InChI is InChI=1S/C13H20N2O2/c1-3-15(4-2)9-10-17-13(16)11-5-7-12(14)8-6-11/h5-8H,3-4,9-10,14H2,1-2H3/i7T,8T. The van der Waals surface area contributed by atoms with Gasteiger partial charge in [-0.3, -0.25) is 0 Å². The number of rotatable bonds is 6. The SMILES string of the molecule is [3H]c1cc(C(=O)OCCN(CC)CC)cc([3H])c1N. The summed E-state index contributed by atoms with van der Waals surface area (Å²) in [7, 11) is 0. The van der Waals surface area contributed by atoms with Gasteiger partial charge < -0.3 is 15.4 Å². The van der Waals surface area contributed by atoms with E-state index in [1.165, 1.54) is 12.1 Å². The Morgan fingerprint density at radius 2 is 2.00 bits per heavy atom. The minimum Gasteiger partial charge on any atom is -0.461 e. The molecule has 1 rings (SSSR count). The summed E-state index contributed by atoms with van der Waals surface area (Å²) in [5, 5.41) is 0. The molecule has 0 atom stereocenters. The maximum absolute atomic E-state index is 11.8. The Labute approximate surface area is 105 Å². The maximum Gasteiger partial charge on any atom is 0.338 e. The van der Waals surface area contributed by atoms with Gasteiger partial charge in [0.2, 0.25) is 0 Å². The highest BCUT2D eigenvalue weighted by Gasteiger charge is 2.07. The molecular weight excluding hydrogens is 216 g/mol. The molecule has 0 bridgehead atoms. The van der Waals surface area contributed by atoms with E-state index in [-0.39, 0.29) is 23.3 Å². The van der Waals surface area contributed by atoms with Crippen LogP contribution in [0.1, 0.15) is 26.9 Å². The summed E-state index contributed by atoms with van der Waals surface area (Å²) in [5.41, 5.74) is 5.76. The molecule has 94 valence electrons. The van der Waals surface area contributed by atoms with Crippen molar-refractivity contribution in [2.24, 2.45) is 0 Å². The number of nitrogens with two attached hydrogens (primary N) is 1. The fraction of sp³-hybridized carbons (Fsp3) is 0.462. The van der Waals surface area contributed by atoms with Gasteiger partial charge in [-0.05, 0) is 37.3 Å². The normalized spacial score (nSPS) is 12.2. The van der Waals surface area contributed by atoms with Gasteiger partial charge in [-0.1, -0.05) is 13.8 Å². The largest absolute Gasteiger partial charge is 0.461 e. The molecule has 0 saturated heterocycles. The zero-order chi connectivity index (χ0) is 14.4. The van der Waals surface area contributed by atoms with E-state index < -0.39 is 5.97 Å². The molecule has 0 aliphatic heterocycles. The molecular formula is C13H20N2O2. The van der Waals surface area contributed by atoms with Crippen LogP contribution in [0, 0.1) is 0 Å². The van der Waals surface area contributed by atoms with E-state index in [0.29, 0.717) is 13.2 Å². The summed E-state index contributed by atoms with van der Waals surface area (Å²) in [4.78, 5) is 13.9. The zero-order valence-corrected chi connectivity index (χ0v) is 10.3. The summed E-state index contributed by atoms with van der Waals surface area (Å²) < 4.78 is 20.2. The van der Waals surface area contributed by atoms with E-state index in [2.05, 4.69) is 4.90 Å². The molecule has 17 heavy (non-hydrogen) atoms. The second-order valence-corrected chi connectivity index (χ2v) is 3.61. The molecule has 0 saturated carbocycles. The highest BCUT2D eigenvalue weighted by molar-refractivity contribution is 5.89. The number of carbonyl (C=O) groups excluding carboxylic acids is 1. The molecule has 0 aromatic heterocycles. The van der Waals surface area contributed by atoms with E-state index in [1.54, 1.807) is 0 Å². The third-order valence-electron chi connectivity index (χ3n) is 2.54. The van der Waals surface area contributed by atoms with E-state index in [1.807, 2.05) is 13.8 Å². The summed E-state index contributed by atoms with van der Waals surface area (Å²) in [5.74, 6) is -0.519. The molecule has 4 heteroatoms. The van der Waals surface area contributed by atoms with Crippen LogP contribution in [-0.4, -0.2) is 37.1 Å². The van der Waals surface area contributed by atoms with Gasteiger partial charge in [-0.25, -0.2) is 4.79 Å². The van der Waals surface area contributed by atoms with E-state index >= 15 is 0 Å². The topological polar surface area (TPSA) is 55.6 Å². The number of anilines is 1. The molecule has 1 aromatic carbocycles. The first-order valence-electron chi connectivity index (χ1n) is 6.75. The van der Waals surface area contributed by atoms with Gasteiger partial charge in [0, 0.05) is 12.2 Å². The van der Waals surface area contributed by atoms with Crippen molar-refractivity contribution in [1.82, 2.24) is 4.90 Å². The van der Waals surface area contributed by atoms with Crippen molar-refractivity contribution in [2.45, 2.75) is 13.8 Å². The average Bonchev–Trinajstić information content (AvgIpc) is 2.40. The third kappa shape index (κ3) is 4.44. The van der Waals surface area contributed by atoms with Crippen LogP contribution in [0.25, 0.3) is 0 Å². The van der Waals surface area contributed by atoms with Crippen molar-refractivity contribution in [3.05, 3.63) is 29.8 Å². The molecule has 0 heterocycles. The number of nitrogen functional groups attached to an aromatic ring is 1. The summed E-state index contributed by atoms with van der Waals surface area (Å²) >= 11 is 0. The van der Waals surface area contributed by atoms with Crippen LogP contribution in [0.15, 0.2) is 24.2 Å². The van der Waals surface area contributed by atoms with Crippen LogP contribution >= 0.6 is 0 Å². The van der Waals surface area contributed by atoms with Crippen LogP contribution in [0.5, 0.6) is 0 Å². The monoisotopic (exact) mass is 240 g/mol. The summed E-state index contributed by atoms with van der Waals surface area (Å²) in [6, 6.07) is 2.60. The maximum atomic E-state index is 11.8. The van der Waals surface area contributed by atoms with Crippen LogP contribution in [0.2, 0.25) is 0 Å². The Morgan fingerprint density at radius 3 is 2.53 bits per heavy atom. The lowest BCUT2D eigenvalue weighted by molar-refractivity contribution is 0.0466. The van der Waals surface area contributed by atoms with Gasteiger partial charge in [0.25, 0.3) is 0 Å². The highest BCUT2D eigenvalue weighted by atomic mass is 16.5. The molecule has 0 amide bonds. The van der Waals surface area contributed by atoms with Gasteiger partial charge in [0.1, 0.15) is 6.61 Å². The second-order valence-electron chi connectivity index (χ2n) is 3.61. The molecule has 0 aliphatic rings. The quantitative estimate of drug-likeness (QED) is 0.608. The van der Waals surface area contributed by atoms with E-state index in [4.69, 9.17) is 13.2 Å². The van der Waals surface area contributed by atoms with Gasteiger partial charge in [-0.15, -0.1) is 0 Å². The number of likely N-dealkylation sites (N-methyl/N-ethyl adjacent to an activating group) is 1. The first kappa shape index (κ1) is 10.6. The van der Waals surface area contributed by atoms with Crippen LogP contribution in [0.4, 0.5) is 5.69 Å². The number of esters is 1. The van der Waals surface area contributed by atoms with Gasteiger partial charge in [-0.2, -0.15) is 0 Å². The Kier molecular flexibility index (Phi) is 4.31. The second kappa shape index (κ2) is 6.91. The third-order valence-corrected chi connectivity index (χ3v) is 2.54. The number of hydrogen-bond donors (Lipinski definition) is 1. The fourth-order valence-corrected chi connectivity index (χ4v) is 1.40. The molecule has 0 fully saturated rings. The minimum atomic E-state index is -0.519. The smallest absolute Gasteiger partial charge is 0.338 e. The van der Waals surface area contributed by atoms with Crippen LogP contribution in [0.3, 0.4) is 0 Å². The van der Waals surface area contributed by atoms with Crippen molar-refractivity contribution in [3.63, 3.8) is 0 Å². The van der Waals surface area contributed by atoms with Crippen molar-refractivity contribution >= 4 is 11.7 Å². The molecule has 4 nitrogen and oxygen atoms in total. The predicted octanol–water partition coefficient (Wildman–Crippen LogP) is 1.77. The zero-order valence-electron chi connectivity index (χ0n) is 12.3. The first-order valence-corrected chi connectivity index (χ1v) is 5.75. The molecule has 0 radical (unpaired) electrons. The molecule has 1 aromatic rings. The van der Waals surface area contributed by atoms with Crippen molar-refractivity contribution < 1.29 is 12.3 Å². The van der Waals surface area contributed by atoms with Gasteiger partial charge >= 0.3 is 5.97 Å². The Balaban J connectivity index is 2.59. The minimum absolute atomic E-state index is 0.0248. The van der Waals surface area contributed by atoms with Crippen molar-refractivity contribution in [2.75, 3.05) is 32.0 Å². The number of benzene rings is 1. The number of carbonyl (C=O) groups is 1. The predicted molar refractivity (Wildman–Crippen MR) is 68.9 cm³/mol. The van der Waals surface area contributed by atoms with Crippen molar-refractivity contribution in [1.29, 1.82) is 0 Å². The Bertz CT molecular complexity index is 425. The number of nitrogens with zero attached hydrogens (tertiary/aromatic N) is 1. The number of ether oxygens (including phenoxy) is 1. The average molecular weight is 240 g/mol. The first-order chi connectivity index (χ1) is 8.99. The van der Waals surface area contributed by atoms with Crippen LogP contribution in [-0.2, 0) is 4.74 Å². The molecule has 0 unspecified atom stereocenters.